The van der Waals surface area contributed by atoms with Gasteiger partial charge in [-0.3, -0.25) is 0 Å². The lowest BCUT2D eigenvalue weighted by atomic mass is 9.51. The lowest BCUT2D eigenvalue weighted by Crippen LogP contribution is -2.64. The maximum Gasteiger partial charge on any atom is 0.0670 e. The average Bonchev–Trinajstić information content (AvgIpc) is 2.28. The maximum atomic E-state index is 5.88. The molecule has 2 aliphatic rings. The number of anilines is 1. The Morgan fingerprint density at radius 3 is 2.61 bits per heavy atom. The van der Waals surface area contributed by atoms with Crippen LogP contribution in [0.3, 0.4) is 0 Å². The fourth-order valence-corrected chi connectivity index (χ4v) is 3.75. The van der Waals surface area contributed by atoms with Gasteiger partial charge in [-0.05, 0) is 73.0 Å². The van der Waals surface area contributed by atoms with Crippen LogP contribution in [0.4, 0.5) is 5.69 Å². The second-order valence-electron chi connectivity index (χ2n) is 5.47. The van der Waals surface area contributed by atoms with Crippen LogP contribution in [0, 0.1) is 8.99 Å². The van der Waals surface area contributed by atoms with Gasteiger partial charge in [-0.25, -0.2) is 0 Å². The monoisotopic (exact) mass is 357 g/mol. The Bertz CT molecular complexity index is 413. The summed E-state index contributed by atoms with van der Waals surface area (Å²) in [5.41, 5.74) is 1.69. The molecule has 98 valence electrons. The zero-order chi connectivity index (χ0) is 12.6. The fraction of sp³-hybridized carbons (Fsp3) is 0.600. The number of ether oxygens (including phenoxy) is 1. The van der Waals surface area contributed by atoms with E-state index in [9.17, 15) is 0 Å². The van der Waals surface area contributed by atoms with E-state index in [-0.39, 0.29) is 0 Å². The van der Waals surface area contributed by atoms with Crippen molar-refractivity contribution in [3.63, 3.8) is 0 Å². The van der Waals surface area contributed by atoms with Crippen molar-refractivity contribution in [2.75, 3.05) is 11.9 Å². The van der Waals surface area contributed by atoms with Gasteiger partial charge in [0.15, 0.2) is 0 Å². The topological polar surface area (TPSA) is 21.3 Å². The van der Waals surface area contributed by atoms with Gasteiger partial charge in [-0.15, -0.1) is 0 Å². The van der Waals surface area contributed by atoms with Gasteiger partial charge in [0.25, 0.3) is 0 Å². The third kappa shape index (κ3) is 2.05. The molecule has 0 aromatic heterocycles. The first-order valence-corrected chi connectivity index (χ1v) is 7.96. The molecule has 2 aliphatic carbocycles. The molecule has 1 aromatic carbocycles. The molecule has 18 heavy (non-hydrogen) atoms. The van der Waals surface area contributed by atoms with Crippen molar-refractivity contribution in [1.82, 2.24) is 0 Å². The summed E-state index contributed by atoms with van der Waals surface area (Å²) in [5.74, 6) is 0. The minimum atomic E-state index is 0.443. The number of benzene rings is 1. The molecule has 0 bridgehead atoms. The number of hydrogen-bond acceptors (Lipinski definition) is 2. The Balaban J connectivity index is 1.66. The van der Waals surface area contributed by atoms with Crippen LogP contribution in [0.15, 0.2) is 24.3 Å². The Labute approximate surface area is 123 Å². The van der Waals surface area contributed by atoms with Crippen LogP contribution >= 0.6 is 22.6 Å². The molecule has 0 saturated heterocycles. The molecule has 2 atom stereocenters. The molecule has 3 rings (SSSR count). The standard InChI is InChI=1S/C15H20INO/c1-2-18-14-10-13(15(14)8-3-9-15)17-12-6-4-11(16)5-7-12/h4-7,13-14,17H,2-3,8-10H2,1H3. The van der Waals surface area contributed by atoms with Gasteiger partial charge >= 0.3 is 0 Å². The molecule has 1 N–H and O–H groups in total. The van der Waals surface area contributed by atoms with E-state index in [4.69, 9.17) is 4.74 Å². The predicted molar refractivity (Wildman–Crippen MR) is 82.9 cm³/mol. The first-order chi connectivity index (χ1) is 8.74. The summed E-state index contributed by atoms with van der Waals surface area (Å²) in [5, 5.41) is 3.70. The van der Waals surface area contributed by atoms with Crippen LogP contribution in [0.5, 0.6) is 0 Å². The van der Waals surface area contributed by atoms with E-state index in [0.717, 1.165) is 6.61 Å². The summed E-state index contributed by atoms with van der Waals surface area (Å²) < 4.78 is 7.17. The van der Waals surface area contributed by atoms with E-state index >= 15 is 0 Å². The highest BCUT2D eigenvalue weighted by Crippen LogP contribution is 2.58. The van der Waals surface area contributed by atoms with E-state index in [2.05, 4.69) is 59.1 Å². The normalized spacial score (nSPS) is 28.6. The highest BCUT2D eigenvalue weighted by atomic mass is 127. The molecule has 0 radical (unpaired) electrons. The van der Waals surface area contributed by atoms with Gasteiger partial charge in [-0.1, -0.05) is 6.42 Å². The summed E-state index contributed by atoms with van der Waals surface area (Å²) in [6.45, 7) is 2.95. The largest absolute Gasteiger partial charge is 0.382 e. The first kappa shape index (κ1) is 12.7. The molecule has 0 amide bonds. The van der Waals surface area contributed by atoms with Gasteiger partial charge in [0.2, 0.25) is 0 Å². The fourth-order valence-electron chi connectivity index (χ4n) is 3.39. The maximum absolute atomic E-state index is 5.88. The van der Waals surface area contributed by atoms with Crippen LogP contribution in [0.1, 0.15) is 32.6 Å². The van der Waals surface area contributed by atoms with E-state index in [1.807, 2.05) is 0 Å². The van der Waals surface area contributed by atoms with E-state index < -0.39 is 0 Å². The van der Waals surface area contributed by atoms with Crippen molar-refractivity contribution in [3.8, 4) is 0 Å². The van der Waals surface area contributed by atoms with Crippen LogP contribution in [-0.2, 0) is 4.74 Å². The second kappa shape index (κ2) is 5.00. The molecule has 0 heterocycles. The Hall–Kier alpha value is -0.290. The third-order valence-corrected chi connectivity index (χ3v) is 5.34. The Morgan fingerprint density at radius 1 is 1.33 bits per heavy atom. The summed E-state index contributed by atoms with van der Waals surface area (Å²) in [6.07, 6.45) is 5.70. The van der Waals surface area contributed by atoms with Gasteiger partial charge < -0.3 is 10.1 Å². The smallest absolute Gasteiger partial charge is 0.0670 e. The van der Waals surface area contributed by atoms with Gasteiger partial charge in [-0.2, -0.15) is 0 Å². The predicted octanol–water partition coefficient (Wildman–Crippen LogP) is 4.05. The van der Waals surface area contributed by atoms with Crippen molar-refractivity contribution >= 4 is 28.3 Å². The molecule has 1 spiro atoms. The highest BCUT2D eigenvalue weighted by molar-refractivity contribution is 14.1. The van der Waals surface area contributed by atoms with Crippen molar-refractivity contribution in [2.24, 2.45) is 5.41 Å². The lowest BCUT2D eigenvalue weighted by molar-refractivity contribution is -0.157. The van der Waals surface area contributed by atoms with Gasteiger partial charge in [0, 0.05) is 27.3 Å². The number of hydrogen-bond donors (Lipinski definition) is 1. The number of halogens is 1. The summed E-state index contributed by atoms with van der Waals surface area (Å²) >= 11 is 2.35. The van der Waals surface area contributed by atoms with E-state index in [0.29, 0.717) is 17.6 Å². The van der Waals surface area contributed by atoms with Crippen LogP contribution in [0.25, 0.3) is 0 Å². The third-order valence-electron chi connectivity index (χ3n) is 4.62. The molecular formula is C15H20INO. The quantitative estimate of drug-likeness (QED) is 0.821. The van der Waals surface area contributed by atoms with Crippen molar-refractivity contribution < 1.29 is 4.74 Å². The van der Waals surface area contributed by atoms with E-state index in [1.54, 1.807) is 0 Å². The Kier molecular flexibility index (Phi) is 3.54. The molecule has 1 aromatic rings. The average molecular weight is 357 g/mol. The molecular weight excluding hydrogens is 337 g/mol. The molecule has 3 heteroatoms. The van der Waals surface area contributed by atoms with Gasteiger partial charge in [0.1, 0.15) is 0 Å². The molecule has 2 unspecified atom stereocenters. The SMILES string of the molecule is CCOC1CC(Nc2ccc(I)cc2)C12CCC2. The van der Waals surface area contributed by atoms with E-state index in [1.165, 1.54) is 34.9 Å². The lowest BCUT2D eigenvalue weighted by Gasteiger charge is -2.61. The molecule has 2 fully saturated rings. The number of nitrogens with one attached hydrogen (secondary N) is 1. The molecule has 2 nitrogen and oxygen atoms in total. The first-order valence-electron chi connectivity index (χ1n) is 6.88. The summed E-state index contributed by atoms with van der Waals surface area (Å²) in [6, 6.07) is 9.30. The molecule has 2 saturated carbocycles. The van der Waals surface area contributed by atoms with Crippen LogP contribution < -0.4 is 5.32 Å². The van der Waals surface area contributed by atoms with Gasteiger partial charge in [0.05, 0.1) is 6.10 Å². The molecule has 0 aliphatic heterocycles. The summed E-state index contributed by atoms with van der Waals surface area (Å²) in [4.78, 5) is 0. The highest BCUT2D eigenvalue weighted by Gasteiger charge is 2.58. The second-order valence-corrected chi connectivity index (χ2v) is 6.72. The summed E-state index contributed by atoms with van der Waals surface area (Å²) in [7, 11) is 0. The number of rotatable bonds is 4. The van der Waals surface area contributed by atoms with Crippen molar-refractivity contribution in [2.45, 2.75) is 44.8 Å². The zero-order valence-electron chi connectivity index (χ0n) is 10.8. The van der Waals surface area contributed by atoms with Crippen LogP contribution in [-0.4, -0.2) is 18.8 Å². The van der Waals surface area contributed by atoms with Crippen molar-refractivity contribution in [3.05, 3.63) is 27.8 Å². The van der Waals surface area contributed by atoms with Crippen LogP contribution in [0.2, 0.25) is 0 Å². The zero-order valence-corrected chi connectivity index (χ0v) is 12.9. The minimum absolute atomic E-state index is 0.443. The minimum Gasteiger partial charge on any atom is -0.382 e. The van der Waals surface area contributed by atoms with Crippen molar-refractivity contribution in [1.29, 1.82) is 0 Å². The Morgan fingerprint density at radius 2 is 2.06 bits per heavy atom.